The van der Waals surface area contributed by atoms with Crippen molar-refractivity contribution in [1.29, 1.82) is 0 Å². The van der Waals surface area contributed by atoms with E-state index in [2.05, 4.69) is 21.4 Å². The Labute approximate surface area is 234 Å². The first-order chi connectivity index (χ1) is 19.2. The van der Waals surface area contributed by atoms with E-state index >= 15 is 0 Å². The second-order valence-corrected chi connectivity index (χ2v) is 8.96. The number of pyridine rings is 1. The van der Waals surface area contributed by atoms with Gasteiger partial charge in [0, 0.05) is 32.3 Å². The lowest BCUT2D eigenvalue weighted by Crippen LogP contribution is -2.39. The van der Waals surface area contributed by atoms with Gasteiger partial charge < -0.3 is 15.2 Å². The summed E-state index contributed by atoms with van der Waals surface area (Å²) in [6, 6.07) is 11.5. The average Bonchev–Trinajstić information content (AvgIpc) is 2.95. The SMILES string of the molecule is C/C=C(\C)c1ccc2ncc(=O)n(Cc3ccc(OC)cc3)c2n1.C=C(F)/C=C(\C)F.NCCN1CCOCC1. The van der Waals surface area contributed by atoms with E-state index in [1.807, 2.05) is 56.3 Å². The lowest BCUT2D eigenvalue weighted by atomic mass is 10.2. The van der Waals surface area contributed by atoms with Gasteiger partial charge in [-0.2, -0.15) is 0 Å². The van der Waals surface area contributed by atoms with Crippen molar-refractivity contribution >= 4 is 16.7 Å². The highest BCUT2D eigenvalue weighted by Crippen LogP contribution is 2.17. The predicted molar refractivity (Wildman–Crippen MR) is 157 cm³/mol. The van der Waals surface area contributed by atoms with Gasteiger partial charge in [-0.1, -0.05) is 24.8 Å². The van der Waals surface area contributed by atoms with Crippen LogP contribution < -0.4 is 16.0 Å². The van der Waals surface area contributed by atoms with E-state index in [9.17, 15) is 13.6 Å². The molecule has 8 nitrogen and oxygen atoms in total. The summed E-state index contributed by atoms with van der Waals surface area (Å²) < 4.78 is 34.9. The summed E-state index contributed by atoms with van der Waals surface area (Å²) in [6.07, 6.45) is 4.06. The van der Waals surface area contributed by atoms with Crippen LogP contribution in [-0.2, 0) is 11.3 Å². The normalized spacial score (nSPS) is 14.1. The Morgan fingerprint density at radius 1 is 1.15 bits per heavy atom. The number of nitrogens with zero attached hydrogens (tertiary/aromatic N) is 4. The summed E-state index contributed by atoms with van der Waals surface area (Å²) in [7, 11) is 1.63. The van der Waals surface area contributed by atoms with Crippen LogP contribution in [0.4, 0.5) is 8.78 Å². The second kappa shape index (κ2) is 17.1. The monoisotopic (exact) mass is 555 g/mol. The van der Waals surface area contributed by atoms with Crippen LogP contribution in [0.2, 0.25) is 0 Å². The Morgan fingerprint density at radius 2 is 1.82 bits per heavy atom. The minimum atomic E-state index is -0.750. The summed E-state index contributed by atoms with van der Waals surface area (Å²) in [5.41, 5.74) is 9.42. The molecule has 0 radical (unpaired) electrons. The summed E-state index contributed by atoms with van der Waals surface area (Å²) >= 11 is 0. The van der Waals surface area contributed by atoms with Crippen molar-refractivity contribution in [3.8, 4) is 5.75 Å². The minimum Gasteiger partial charge on any atom is -0.497 e. The molecule has 0 unspecified atom stereocenters. The molecule has 1 fully saturated rings. The Balaban J connectivity index is 0.000000287. The molecule has 10 heteroatoms. The smallest absolute Gasteiger partial charge is 0.270 e. The molecule has 0 spiro atoms. The first-order valence-electron chi connectivity index (χ1n) is 13.0. The summed E-state index contributed by atoms with van der Waals surface area (Å²) in [4.78, 5) is 23.5. The van der Waals surface area contributed by atoms with E-state index in [1.165, 1.54) is 6.20 Å². The summed E-state index contributed by atoms with van der Waals surface area (Å²) in [5.74, 6) is -0.526. The number of hydrogen-bond acceptors (Lipinski definition) is 7. The molecule has 40 heavy (non-hydrogen) atoms. The van der Waals surface area contributed by atoms with Crippen molar-refractivity contribution in [3.63, 3.8) is 0 Å². The van der Waals surface area contributed by atoms with Crippen LogP contribution in [0, 0.1) is 0 Å². The number of fused-ring (bicyclic) bond motifs is 1. The van der Waals surface area contributed by atoms with E-state index in [-0.39, 0.29) is 5.56 Å². The zero-order valence-electron chi connectivity index (χ0n) is 23.7. The maximum atomic E-state index is 12.3. The van der Waals surface area contributed by atoms with Gasteiger partial charge in [-0.25, -0.2) is 18.7 Å². The first-order valence-corrected chi connectivity index (χ1v) is 13.0. The van der Waals surface area contributed by atoms with E-state index in [1.54, 1.807) is 11.7 Å². The fourth-order valence-electron chi connectivity index (χ4n) is 3.70. The molecule has 2 N–H and O–H groups in total. The zero-order valence-corrected chi connectivity index (χ0v) is 23.7. The van der Waals surface area contributed by atoms with E-state index < -0.39 is 11.7 Å². The van der Waals surface area contributed by atoms with Gasteiger partial charge in [-0.3, -0.25) is 14.3 Å². The second-order valence-electron chi connectivity index (χ2n) is 8.96. The van der Waals surface area contributed by atoms with Crippen LogP contribution in [0.3, 0.4) is 0 Å². The highest BCUT2D eigenvalue weighted by atomic mass is 19.1. The molecule has 1 aliphatic rings. The van der Waals surface area contributed by atoms with Crippen LogP contribution in [0.15, 0.2) is 77.8 Å². The van der Waals surface area contributed by atoms with Crippen LogP contribution in [0.5, 0.6) is 5.75 Å². The van der Waals surface area contributed by atoms with Gasteiger partial charge in [-0.15, -0.1) is 0 Å². The van der Waals surface area contributed by atoms with Gasteiger partial charge in [0.1, 0.15) is 17.1 Å². The van der Waals surface area contributed by atoms with Crippen LogP contribution in [0.25, 0.3) is 16.7 Å². The summed E-state index contributed by atoms with van der Waals surface area (Å²) in [5, 5.41) is 0. The number of benzene rings is 1. The molecule has 3 heterocycles. The Morgan fingerprint density at radius 3 is 2.35 bits per heavy atom. The molecule has 4 rings (SSSR count). The largest absolute Gasteiger partial charge is 0.497 e. The number of methoxy groups -OCH3 is 1. The molecule has 3 aromatic rings. The molecule has 216 valence electrons. The topological polar surface area (TPSA) is 95.5 Å². The maximum Gasteiger partial charge on any atom is 0.270 e. The van der Waals surface area contributed by atoms with Crippen LogP contribution in [0.1, 0.15) is 32.0 Å². The van der Waals surface area contributed by atoms with E-state index in [0.717, 1.165) is 75.0 Å². The van der Waals surface area contributed by atoms with Crippen molar-refractivity contribution in [2.75, 3.05) is 46.5 Å². The number of morpholine rings is 1. The number of rotatable bonds is 7. The van der Waals surface area contributed by atoms with Gasteiger partial charge >= 0.3 is 0 Å². The van der Waals surface area contributed by atoms with Crippen molar-refractivity contribution in [2.24, 2.45) is 5.73 Å². The average molecular weight is 556 g/mol. The predicted octanol–water partition coefficient (Wildman–Crippen LogP) is 4.89. The molecular weight excluding hydrogens is 516 g/mol. The molecule has 0 bridgehead atoms. The number of ether oxygens (including phenoxy) is 2. The fourth-order valence-corrected chi connectivity index (χ4v) is 3.70. The molecule has 2 aromatic heterocycles. The number of allylic oxidation sites excluding steroid dienone is 5. The Bertz CT molecular complexity index is 1340. The van der Waals surface area contributed by atoms with Gasteiger partial charge in [0.05, 0.1) is 44.6 Å². The lowest BCUT2D eigenvalue weighted by Gasteiger charge is -2.25. The number of halogens is 2. The molecule has 1 aromatic carbocycles. The van der Waals surface area contributed by atoms with Crippen molar-refractivity contribution in [3.05, 3.63) is 94.6 Å². The fraction of sp³-hybridized carbons (Fsp3) is 0.367. The zero-order chi connectivity index (χ0) is 29.5. The van der Waals surface area contributed by atoms with Crippen molar-refractivity contribution in [1.82, 2.24) is 19.4 Å². The highest BCUT2D eigenvalue weighted by Gasteiger charge is 2.09. The quantitative estimate of drug-likeness (QED) is 0.415. The first kappa shape index (κ1) is 32.5. The Hall–Kier alpha value is -3.73. The van der Waals surface area contributed by atoms with E-state index in [0.29, 0.717) is 17.7 Å². The molecule has 0 atom stereocenters. The summed E-state index contributed by atoms with van der Waals surface area (Å²) in [6.45, 7) is 14.0. The van der Waals surface area contributed by atoms with Crippen molar-refractivity contribution in [2.45, 2.75) is 27.3 Å². The minimum absolute atomic E-state index is 0.166. The molecule has 0 amide bonds. The van der Waals surface area contributed by atoms with Crippen LogP contribution in [-0.4, -0.2) is 65.9 Å². The van der Waals surface area contributed by atoms with Crippen molar-refractivity contribution < 1.29 is 18.3 Å². The molecule has 1 aliphatic heterocycles. The van der Waals surface area contributed by atoms with Gasteiger partial charge in [0.2, 0.25) is 0 Å². The highest BCUT2D eigenvalue weighted by molar-refractivity contribution is 5.74. The number of aromatic nitrogens is 3. The molecule has 0 saturated carbocycles. The lowest BCUT2D eigenvalue weighted by molar-refractivity contribution is 0.0394. The third-order valence-electron chi connectivity index (χ3n) is 5.93. The van der Waals surface area contributed by atoms with Crippen LogP contribution >= 0.6 is 0 Å². The molecule has 1 saturated heterocycles. The molecule has 0 aliphatic carbocycles. The van der Waals surface area contributed by atoms with Gasteiger partial charge in [0.15, 0.2) is 5.65 Å². The van der Waals surface area contributed by atoms with E-state index in [4.69, 9.17) is 15.2 Å². The Kier molecular flexibility index (Phi) is 13.9. The third kappa shape index (κ3) is 10.8. The number of nitrogens with two attached hydrogens (primary N) is 1. The standard InChI is InChI=1S/C19H19N3O2.C6H14N2O.C5H6F2/c1-4-13(2)16-9-10-17-19(21-16)22(18(23)11-20-17)12-14-5-7-15(24-3)8-6-14;7-1-2-8-3-5-9-6-4-8;1-4(6)3-5(2)7/h4-11H,12H2,1-3H3;1-7H2;3H,1H2,2H3/b13-4+;;5-3+. The third-order valence-corrected chi connectivity index (χ3v) is 5.93. The maximum absolute atomic E-state index is 12.3. The van der Waals surface area contributed by atoms with Gasteiger partial charge in [-0.05, 0) is 56.2 Å². The number of hydrogen-bond donors (Lipinski definition) is 1. The molecular formula is C30H39F2N5O3. The van der Waals surface area contributed by atoms with Gasteiger partial charge in [0.25, 0.3) is 5.56 Å².